The van der Waals surface area contributed by atoms with Gasteiger partial charge in [-0.25, -0.2) is 0 Å². The van der Waals surface area contributed by atoms with Crippen molar-refractivity contribution in [2.45, 2.75) is 45.2 Å². The molecular formula is C22H24N6O2. The average molecular weight is 404 g/mol. The zero-order valence-electron chi connectivity index (χ0n) is 16.8. The monoisotopic (exact) mass is 404 g/mol. The minimum absolute atomic E-state index is 0.0997. The Bertz CT molecular complexity index is 1060. The van der Waals surface area contributed by atoms with E-state index in [2.05, 4.69) is 26.0 Å². The summed E-state index contributed by atoms with van der Waals surface area (Å²) in [7, 11) is 0. The first-order valence-electron chi connectivity index (χ1n) is 10.1. The second-order valence-corrected chi connectivity index (χ2v) is 7.51. The molecule has 0 atom stereocenters. The molecule has 4 rings (SSSR count). The van der Waals surface area contributed by atoms with Gasteiger partial charge in [0.1, 0.15) is 6.54 Å². The van der Waals surface area contributed by atoms with E-state index in [4.69, 9.17) is 0 Å². The first-order chi connectivity index (χ1) is 14.6. The predicted octanol–water partition coefficient (Wildman–Crippen LogP) is 2.96. The summed E-state index contributed by atoms with van der Waals surface area (Å²) in [6.07, 6.45) is 4.28. The SMILES string of the molecule is Cc1ccccc1-c1nnn(CC(=O)Nc2ccccc2C(=O)NC2CCCC2)n1. The Morgan fingerprint density at radius 3 is 2.60 bits per heavy atom. The molecule has 0 radical (unpaired) electrons. The molecule has 0 aliphatic heterocycles. The van der Waals surface area contributed by atoms with Crippen LogP contribution in [0.3, 0.4) is 0 Å². The topological polar surface area (TPSA) is 102 Å². The van der Waals surface area contributed by atoms with Crippen LogP contribution in [0.15, 0.2) is 48.5 Å². The molecule has 0 unspecified atom stereocenters. The Morgan fingerprint density at radius 1 is 1.07 bits per heavy atom. The summed E-state index contributed by atoms with van der Waals surface area (Å²) < 4.78 is 0. The zero-order valence-corrected chi connectivity index (χ0v) is 16.8. The summed E-state index contributed by atoms with van der Waals surface area (Å²) in [5.74, 6) is -0.0272. The molecule has 1 aromatic heterocycles. The molecule has 0 spiro atoms. The van der Waals surface area contributed by atoms with Crippen molar-refractivity contribution in [3.8, 4) is 11.4 Å². The lowest BCUT2D eigenvalue weighted by Crippen LogP contribution is -2.33. The Balaban J connectivity index is 1.42. The van der Waals surface area contributed by atoms with E-state index in [0.717, 1.165) is 36.8 Å². The van der Waals surface area contributed by atoms with Gasteiger partial charge in [-0.3, -0.25) is 9.59 Å². The molecule has 2 amide bonds. The first kappa shape index (κ1) is 19.8. The highest BCUT2D eigenvalue weighted by Gasteiger charge is 2.20. The van der Waals surface area contributed by atoms with Gasteiger partial charge in [-0.15, -0.1) is 10.2 Å². The van der Waals surface area contributed by atoms with Crippen LogP contribution in [0.4, 0.5) is 5.69 Å². The number of carbonyl (C=O) groups is 2. The van der Waals surface area contributed by atoms with Crippen molar-refractivity contribution in [3.05, 3.63) is 59.7 Å². The van der Waals surface area contributed by atoms with Crippen molar-refractivity contribution < 1.29 is 9.59 Å². The number of carbonyl (C=O) groups excluding carboxylic acids is 2. The molecule has 1 saturated carbocycles. The number of nitrogens with one attached hydrogen (secondary N) is 2. The second kappa shape index (κ2) is 8.86. The van der Waals surface area contributed by atoms with E-state index in [0.29, 0.717) is 17.1 Å². The quantitative estimate of drug-likeness (QED) is 0.658. The fourth-order valence-corrected chi connectivity index (χ4v) is 3.68. The zero-order chi connectivity index (χ0) is 20.9. The largest absolute Gasteiger partial charge is 0.349 e. The van der Waals surface area contributed by atoms with Crippen LogP contribution >= 0.6 is 0 Å². The molecule has 1 fully saturated rings. The van der Waals surface area contributed by atoms with Crippen LogP contribution in [0.25, 0.3) is 11.4 Å². The Morgan fingerprint density at radius 2 is 1.80 bits per heavy atom. The maximum atomic E-state index is 12.7. The van der Waals surface area contributed by atoms with Gasteiger partial charge in [-0.2, -0.15) is 4.80 Å². The molecule has 154 valence electrons. The lowest BCUT2D eigenvalue weighted by atomic mass is 10.1. The maximum Gasteiger partial charge on any atom is 0.253 e. The van der Waals surface area contributed by atoms with Crippen molar-refractivity contribution >= 4 is 17.5 Å². The summed E-state index contributed by atoms with van der Waals surface area (Å²) in [6, 6.07) is 14.9. The molecular weight excluding hydrogens is 380 g/mol. The number of benzene rings is 2. The number of hydrogen-bond donors (Lipinski definition) is 2. The van der Waals surface area contributed by atoms with Gasteiger partial charge in [-0.05, 0) is 42.7 Å². The van der Waals surface area contributed by atoms with E-state index in [1.165, 1.54) is 4.80 Å². The van der Waals surface area contributed by atoms with E-state index < -0.39 is 0 Å². The number of hydrogen-bond acceptors (Lipinski definition) is 5. The summed E-state index contributed by atoms with van der Waals surface area (Å²) in [6.45, 7) is 1.87. The number of anilines is 1. The third kappa shape index (κ3) is 4.53. The minimum Gasteiger partial charge on any atom is -0.349 e. The van der Waals surface area contributed by atoms with Crippen LogP contribution < -0.4 is 10.6 Å². The number of rotatable bonds is 6. The van der Waals surface area contributed by atoms with E-state index in [9.17, 15) is 9.59 Å². The summed E-state index contributed by atoms with van der Waals surface area (Å²) in [5.41, 5.74) is 2.82. The minimum atomic E-state index is -0.329. The molecule has 2 N–H and O–H groups in total. The Labute approximate surface area is 174 Å². The Kier molecular flexibility index (Phi) is 5.83. The second-order valence-electron chi connectivity index (χ2n) is 7.51. The summed E-state index contributed by atoms with van der Waals surface area (Å²) in [4.78, 5) is 26.4. The van der Waals surface area contributed by atoms with Crippen LogP contribution in [0.5, 0.6) is 0 Å². The summed E-state index contributed by atoms with van der Waals surface area (Å²) in [5, 5.41) is 18.2. The standard InChI is InChI=1S/C22H24N6O2/c1-15-8-2-5-11-17(15)21-25-27-28(26-21)14-20(29)24-19-13-7-6-12-18(19)22(30)23-16-9-3-4-10-16/h2,5-8,11-13,16H,3-4,9-10,14H2,1H3,(H,23,30)(H,24,29). The van der Waals surface area contributed by atoms with Crippen LogP contribution in [-0.2, 0) is 11.3 Å². The van der Waals surface area contributed by atoms with Crippen molar-refractivity contribution in [3.63, 3.8) is 0 Å². The smallest absolute Gasteiger partial charge is 0.253 e. The molecule has 1 aliphatic rings. The average Bonchev–Trinajstić information content (AvgIpc) is 3.41. The molecule has 8 heteroatoms. The third-order valence-corrected chi connectivity index (χ3v) is 5.26. The van der Waals surface area contributed by atoms with Gasteiger partial charge < -0.3 is 10.6 Å². The van der Waals surface area contributed by atoms with E-state index in [1.54, 1.807) is 24.3 Å². The predicted molar refractivity (Wildman–Crippen MR) is 113 cm³/mol. The highest BCUT2D eigenvalue weighted by molar-refractivity contribution is 6.03. The number of aromatic nitrogens is 4. The fraction of sp³-hybridized carbons (Fsp3) is 0.318. The molecule has 0 bridgehead atoms. The van der Waals surface area contributed by atoms with Crippen molar-refractivity contribution in [1.82, 2.24) is 25.5 Å². The van der Waals surface area contributed by atoms with Crippen molar-refractivity contribution in [2.75, 3.05) is 5.32 Å². The first-order valence-corrected chi connectivity index (χ1v) is 10.1. The van der Waals surface area contributed by atoms with Gasteiger partial charge in [0.2, 0.25) is 11.7 Å². The number of nitrogens with zero attached hydrogens (tertiary/aromatic N) is 4. The third-order valence-electron chi connectivity index (χ3n) is 5.26. The highest BCUT2D eigenvalue weighted by atomic mass is 16.2. The van der Waals surface area contributed by atoms with Crippen LogP contribution in [0.2, 0.25) is 0 Å². The number of para-hydroxylation sites is 1. The van der Waals surface area contributed by atoms with Gasteiger partial charge in [0, 0.05) is 11.6 Å². The summed E-state index contributed by atoms with van der Waals surface area (Å²) >= 11 is 0. The van der Waals surface area contributed by atoms with Gasteiger partial charge in [0.15, 0.2) is 0 Å². The van der Waals surface area contributed by atoms with Crippen LogP contribution in [0.1, 0.15) is 41.6 Å². The highest BCUT2D eigenvalue weighted by Crippen LogP contribution is 2.21. The van der Waals surface area contributed by atoms with E-state index in [-0.39, 0.29) is 24.4 Å². The Hall–Kier alpha value is -3.55. The van der Waals surface area contributed by atoms with Crippen LogP contribution in [0, 0.1) is 6.92 Å². The molecule has 1 aliphatic carbocycles. The number of amides is 2. The molecule has 30 heavy (non-hydrogen) atoms. The molecule has 3 aromatic rings. The van der Waals surface area contributed by atoms with Gasteiger partial charge in [-0.1, -0.05) is 49.2 Å². The van der Waals surface area contributed by atoms with Gasteiger partial charge in [0.05, 0.1) is 11.3 Å². The van der Waals surface area contributed by atoms with E-state index in [1.807, 2.05) is 31.2 Å². The van der Waals surface area contributed by atoms with E-state index >= 15 is 0 Å². The lowest BCUT2D eigenvalue weighted by Gasteiger charge is -2.14. The van der Waals surface area contributed by atoms with Gasteiger partial charge in [0.25, 0.3) is 5.91 Å². The van der Waals surface area contributed by atoms with Crippen molar-refractivity contribution in [2.24, 2.45) is 0 Å². The molecule has 2 aromatic carbocycles. The molecule has 8 nitrogen and oxygen atoms in total. The number of aryl methyl sites for hydroxylation is 1. The number of tetrazole rings is 1. The molecule has 0 saturated heterocycles. The maximum absolute atomic E-state index is 12.7. The van der Waals surface area contributed by atoms with Crippen molar-refractivity contribution in [1.29, 1.82) is 0 Å². The molecule has 1 heterocycles. The van der Waals surface area contributed by atoms with Crippen LogP contribution in [-0.4, -0.2) is 38.1 Å². The fourth-order valence-electron chi connectivity index (χ4n) is 3.68. The normalized spacial score (nSPS) is 13.9. The lowest BCUT2D eigenvalue weighted by molar-refractivity contribution is -0.117. The van der Waals surface area contributed by atoms with Gasteiger partial charge >= 0.3 is 0 Å².